The molecule has 6 rings (SSSR count). The fourth-order valence-corrected chi connectivity index (χ4v) is 6.30. The van der Waals surface area contributed by atoms with E-state index in [4.69, 9.17) is 9.51 Å². The van der Waals surface area contributed by atoms with E-state index < -0.39 is 11.7 Å². The summed E-state index contributed by atoms with van der Waals surface area (Å²) in [7, 11) is 0. The van der Waals surface area contributed by atoms with Crippen molar-refractivity contribution in [1.29, 1.82) is 0 Å². The summed E-state index contributed by atoms with van der Waals surface area (Å²) >= 11 is 1.61. The molecule has 3 aromatic carbocycles. The van der Waals surface area contributed by atoms with Gasteiger partial charge in [-0.1, -0.05) is 65.8 Å². The number of likely N-dealkylation sites (tertiary alicyclic amines) is 1. The molecule has 9 heteroatoms. The average Bonchev–Trinajstić information content (AvgIpc) is 3.64. The number of thiazole rings is 1. The molecule has 5 nitrogen and oxygen atoms in total. The lowest BCUT2D eigenvalue weighted by Crippen LogP contribution is -2.38. The zero-order chi connectivity index (χ0) is 28.6. The largest absolute Gasteiger partial charge is 0.416 e. The van der Waals surface area contributed by atoms with Crippen molar-refractivity contribution >= 4 is 17.2 Å². The zero-order valence-electron chi connectivity index (χ0n) is 22.2. The van der Waals surface area contributed by atoms with Gasteiger partial charge in [-0.25, -0.2) is 4.98 Å². The van der Waals surface area contributed by atoms with Crippen LogP contribution in [0.25, 0.3) is 33.6 Å². The number of amides is 1. The molecule has 0 spiro atoms. The van der Waals surface area contributed by atoms with Gasteiger partial charge in [-0.05, 0) is 49.1 Å². The van der Waals surface area contributed by atoms with Crippen LogP contribution in [0, 0.1) is 6.92 Å². The lowest BCUT2D eigenvalue weighted by Gasteiger charge is -2.31. The molecule has 0 atom stereocenters. The Kier molecular flexibility index (Phi) is 7.21. The van der Waals surface area contributed by atoms with Gasteiger partial charge in [-0.15, -0.1) is 11.3 Å². The minimum atomic E-state index is -4.41. The number of nitrogens with zero attached hydrogens (tertiary/aromatic N) is 3. The van der Waals surface area contributed by atoms with E-state index in [2.05, 4.69) is 5.16 Å². The highest BCUT2D eigenvalue weighted by Crippen LogP contribution is 2.38. The van der Waals surface area contributed by atoms with Crippen LogP contribution in [0.5, 0.6) is 0 Å². The number of aromatic nitrogens is 2. The topological polar surface area (TPSA) is 59.2 Å². The van der Waals surface area contributed by atoms with E-state index >= 15 is 0 Å². The summed E-state index contributed by atoms with van der Waals surface area (Å²) in [5.74, 6) is 0.822. The third-order valence-electron chi connectivity index (χ3n) is 7.50. The predicted molar refractivity (Wildman–Crippen MR) is 153 cm³/mol. The van der Waals surface area contributed by atoms with E-state index in [0.29, 0.717) is 35.5 Å². The molecule has 208 valence electrons. The van der Waals surface area contributed by atoms with Gasteiger partial charge in [0.1, 0.15) is 11.5 Å². The van der Waals surface area contributed by atoms with Crippen LogP contribution in [-0.4, -0.2) is 34.0 Å². The van der Waals surface area contributed by atoms with Crippen LogP contribution in [0.3, 0.4) is 0 Å². The van der Waals surface area contributed by atoms with Gasteiger partial charge in [0.15, 0.2) is 0 Å². The molecule has 3 heterocycles. The van der Waals surface area contributed by atoms with Crippen LogP contribution in [0.4, 0.5) is 13.2 Å². The molecule has 0 radical (unpaired) electrons. The summed E-state index contributed by atoms with van der Waals surface area (Å²) in [4.78, 5) is 20.3. The predicted octanol–water partition coefficient (Wildman–Crippen LogP) is 8.48. The van der Waals surface area contributed by atoms with Gasteiger partial charge < -0.3 is 9.42 Å². The van der Waals surface area contributed by atoms with Crippen molar-refractivity contribution in [3.05, 3.63) is 106 Å². The Morgan fingerprint density at radius 1 is 0.927 bits per heavy atom. The molecular formula is C32H26F3N3O2S. The maximum Gasteiger partial charge on any atom is 0.416 e. The minimum Gasteiger partial charge on any atom is -0.360 e. The molecule has 5 aromatic rings. The van der Waals surface area contributed by atoms with Crippen molar-refractivity contribution < 1.29 is 22.5 Å². The van der Waals surface area contributed by atoms with Crippen LogP contribution >= 0.6 is 11.3 Å². The summed E-state index contributed by atoms with van der Waals surface area (Å²) in [6.07, 6.45) is -2.86. The molecule has 0 bridgehead atoms. The second-order valence-corrected chi connectivity index (χ2v) is 11.0. The Labute approximate surface area is 239 Å². The Morgan fingerprint density at radius 2 is 1.61 bits per heavy atom. The molecule has 41 heavy (non-hydrogen) atoms. The number of carbonyl (C=O) groups excluding carboxylic acids is 1. The van der Waals surface area contributed by atoms with Crippen molar-refractivity contribution in [1.82, 2.24) is 15.0 Å². The molecule has 1 fully saturated rings. The SMILES string of the molecule is Cc1onc(-c2ccccc2)c1-c1csc(C2CCN(C(=O)c3ccccc3-c3ccc(C(F)(F)F)cc3)CC2)n1. The maximum atomic E-state index is 13.5. The molecule has 0 N–H and O–H groups in total. The van der Waals surface area contributed by atoms with Crippen LogP contribution in [0.2, 0.25) is 0 Å². The maximum absolute atomic E-state index is 13.5. The lowest BCUT2D eigenvalue weighted by molar-refractivity contribution is -0.137. The van der Waals surface area contributed by atoms with Crippen molar-refractivity contribution in [2.75, 3.05) is 13.1 Å². The van der Waals surface area contributed by atoms with E-state index in [-0.39, 0.29) is 11.8 Å². The van der Waals surface area contributed by atoms with Crippen molar-refractivity contribution in [2.24, 2.45) is 0 Å². The second-order valence-electron chi connectivity index (χ2n) is 10.1. The van der Waals surface area contributed by atoms with Gasteiger partial charge in [-0.3, -0.25) is 4.79 Å². The Balaban J connectivity index is 1.16. The minimum absolute atomic E-state index is 0.119. The van der Waals surface area contributed by atoms with Gasteiger partial charge in [-0.2, -0.15) is 13.2 Å². The number of rotatable bonds is 5. The summed E-state index contributed by atoms with van der Waals surface area (Å²) < 4.78 is 44.6. The Morgan fingerprint density at radius 3 is 2.32 bits per heavy atom. The second kappa shape index (κ2) is 11.0. The first-order valence-corrected chi connectivity index (χ1v) is 14.2. The highest BCUT2D eigenvalue weighted by Gasteiger charge is 2.31. The number of halogens is 3. The van der Waals surface area contributed by atoms with Gasteiger partial charge in [0, 0.05) is 35.5 Å². The third-order valence-corrected chi connectivity index (χ3v) is 8.51. The molecule has 1 saturated heterocycles. The summed E-state index contributed by atoms with van der Waals surface area (Å²) in [6.45, 7) is 3.03. The number of alkyl halides is 3. The quantitative estimate of drug-likeness (QED) is 0.212. The van der Waals surface area contributed by atoms with Crippen molar-refractivity contribution in [3.8, 4) is 33.6 Å². The highest BCUT2D eigenvalue weighted by molar-refractivity contribution is 7.10. The first kappa shape index (κ1) is 27.0. The van der Waals surface area contributed by atoms with E-state index in [9.17, 15) is 18.0 Å². The average molecular weight is 574 g/mol. The van der Waals surface area contributed by atoms with E-state index in [0.717, 1.165) is 52.5 Å². The molecule has 0 aliphatic carbocycles. The number of aryl methyl sites for hydroxylation is 1. The molecule has 0 saturated carbocycles. The van der Waals surface area contributed by atoms with Gasteiger partial charge in [0.05, 0.1) is 21.8 Å². The summed E-state index contributed by atoms with van der Waals surface area (Å²) in [6, 6.07) is 21.9. The monoisotopic (exact) mass is 573 g/mol. The first-order chi connectivity index (χ1) is 19.8. The number of hydrogen-bond acceptors (Lipinski definition) is 5. The van der Waals surface area contributed by atoms with E-state index in [1.54, 1.807) is 35.6 Å². The number of benzene rings is 3. The van der Waals surface area contributed by atoms with Crippen molar-refractivity contribution in [2.45, 2.75) is 31.9 Å². The third kappa shape index (κ3) is 5.41. The molecular weight excluding hydrogens is 547 g/mol. The van der Waals surface area contributed by atoms with Gasteiger partial charge in [0.25, 0.3) is 5.91 Å². The zero-order valence-corrected chi connectivity index (χ0v) is 23.0. The fraction of sp³-hybridized carbons (Fsp3) is 0.219. The Hall–Kier alpha value is -4.24. The summed E-state index contributed by atoms with van der Waals surface area (Å²) in [5, 5.41) is 7.35. The molecule has 1 aliphatic rings. The molecule has 0 unspecified atom stereocenters. The van der Waals surface area contributed by atoms with Crippen LogP contribution in [-0.2, 0) is 6.18 Å². The standard InChI is InChI=1S/C32H26F3N3O2S/c1-20-28(29(37-40-20)22-7-3-2-4-8-22)27-19-41-30(36-27)23-15-17-38(18-16-23)31(39)26-10-6-5-9-25(26)21-11-13-24(14-12-21)32(33,34)35/h2-14,19,23H,15-18H2,1H3. The van der Waals surface area contributed by atoms with Crippen molar-refractivity contribution in [3.63, 3.8) is 0 Å². The molecule has 1 amide bonds. The number of hydrogen-bond donors (Lipinski definition) is 0. The smallest absolute Gasteiger partial charge is 0.360 e. The van der Waals surface area contributed by atoms with Crippen LogP contribution < -0.4 is 0 Å². The van der Waals surface area contributed by atoms with Crippen LogP contribution in [0.1, 0.15) is 45.4 Å². The Bertz CT molecular complexity index is 1670. The first-order valence-electron chi connectivity index (χ1n) is 13.3. The van der Waals surface area contributed by atoms with E-state index in [1.807, 2.05) is 47.5 Å². The number of carbonyl (C=O) groups is 1. The number of piperidine rings is 1. The highest BCUT2D eigenvalue weighted by atomic mass is 32.1. The normalized spacial score (nSPS) is 14.4. The summed E-state index contributed by atoms with van der Waals surface area (Å²) in [5.41, 5.74) is 4.44. The molecule has 1 aliphatic heterocycles. The lowest BCUT2D eigenvalue weighted by atomic mass is 9.94. The molecule has 2 aromatic heterocycles. The van der Waals surface area contributed by atoms with Crippen LogP contribution in [0.15, 0.2) is 88.8 Å². The van der Waals surface area contributed by atoms with Gasteiger partial charge >= 0.3 is 6.18 Å². The fourth-order valence-electron chi connectivity index (χ4n) is 5.32. The van der Waals surface area contributed by atoms with E-state index in [1.165, 1.54) is 12.1 Å². The van der Waals surface area contributed by atoms with Gasteiger partial charge in [0.2, 0.25) is 0 Å².